The number of carbonyl (C=O) groups is 4. The predicted octanol–water partition coefficient (Wildman–Crippen LogP) is 4.64. The molecule has 0 bridgehead atoms. The molecule has 0 heterocycles. The molecule has 0 unspecified atom stereocenters. The molecule has 0 fully saturated rings. The molecule has 0 aromatic heterocycles. The molecule has 10 nitrogen and oxygen atoms in total. The average Bonchev–Trinajstić information content (AvgIpc) is 2.88. The zero-order valence-electron chi connectivity index (χ0n) is 23.3. The topological polar surface area (TPSA) is 132 Å². The summed E-state index contributed by atoms with van der Waals surface area (Å²) in [7, 11) is 1.32. The lowest BCUT2D eigenvalue weighted by molar-refractivity contribution is -0.140. The van der Waals surface area contributed by atoms with Crippen molar-refractivity contribution in [3.8, 4) is 0 Å². The minimum atomic E-state index is -0.932. The minimum Gasteiger partial charge on any atom is -0.469 e. The van der Waals surface area contributed by atoms with Gasteiger partial charge in [-0.15, -0.1) is 0 Å². The van der Waals surface area contributed by atoms with E-state index in [-0.39, 0.29) is 32.0 Å². The van der Waals surface area contributed by atoms with E-state index in [2.05, 4.69) is 16.0 Å². The highest BCUT2D eigenvalue weighted by molar-refractivity contribution is 5.97. The van der Waals surface area contributed by atoms with Gasteiger partial charge in [-0.3, -0.25) is 9.59 Å². The Morgan fingerprint density at radius 2 is 1.64 bits per heavy atom. The molecule has 2 aromatic rings. The van der Waals surface area contributed by atoms with Crippen molar-refractivity contribution in [1.29, 1.82) is 0 Å². The second-order valence-corrected chi connectivity index (χ2v) is 10.1. The Morgan fingerprint density at radius 1 is 0.949 bits per heavy atom. The van der Waals surface area contributed by atoms with Crippen LogP contribution in [0.3, 0.4) is 0 Å². The summed E-state index contributed by atoms with van der Waals surface area (Å²) in [4.78, 5) is 49.3. The number of anilines is 1. The first kappa shape index (κ1) is 31.1. The van der Waals surface area contributed by atoms with Gasteiger partial charge in [0.05, 0.1) is 7.11 Å². The molecular weight excluding hydrogens is 502 g/mol. The van der Waals surface area contributed by atoms with E-state index in [1.54, 1.807) is 39.0 Å². The van der Waals surface area contributed by atoms with Crippen LogP contribution >= 0.6 is 0 Å². The summed E-state index contributed by atoms with van der Waals surface area (Å²) in [5.41, 5.74) is 2.53. The van der Waals surface area contributed by atoms with E-state index in [1.165, 1.54) is 7.11 Å². The van der Waals surface area contributed by atoms with Gasteiger partial charge in [-0.05, 0) is 64.2 Å². The molecular formula is C29H39N3O7. The molecule has 3 N–H and O–H groups in total. The summed E-state index contributed by atoms with van der Waals surface area (Å²) in [5.74, 6) is -0.807. The van der Waals surface area contributed by atoms with Crippen LogP contribution in [0.1, 0.15) is 56.7 Å². The van der Waals surface area contributed by atoms with Crippen LogP contribution in [0.25, 0.3) is 0 Å². The van der Waals surface area contributed by atoms with Crippen LogP contribution < -0.4 is 16.0 Å². The fourth-order valence-corrected chi connectivity index (χ4v) is 3.52. The maximum absolute atomic E-state index is 13.2. The van der Waals surface area contributed by atoms with Gasteiger partial charge < -0.3 is 30.2 Å². The van der Waals surface area contributed by atoms with Crippen LogP contribution in [0, 0.1) is 6.92 Å². The van der Waals surface area contributed by atoms with Gasteiger partial charge in [0.1, 0.15) is 18.2 Å². The van der Waals surface area contributed by atoms with Crippen molar-refractivity contribution in [1.82, 2.24) is 10.6 Å². The van der Waals surface area contributed by atoms with Crippen LogP contribution in [0.4, 0.5) is 15.3 Å². The van der Waals surface area contributed by atoms with E-state index in [1.807, 2.05) is 37.3 Å². The van der Waals surface area contributed by atoms with E-state index in [0.29, 0.717) is 18.5 Å². The molecule has 0 aliphatic carbocycles. The molecule has 212 valence electrons. The van der Waals surface area contributed by atoms with E-state index >= 15 is 0 Å². The third-order valence-corrected chi connectivity index (χ3v) is 5.54. The van der Waals surface area contributed by atoms with Crippen LogP contribution in [0.15, 0.2) is 48.5 Å². The Balaban J connectivity index is 1.95. The fraction of sp³-hybridized carbons (Fsp3) is 0.448. The average molecular weight is 542 g/mol. The Hall–Kier alpha value is -4.08. The molecule has 2 rings (SSSR count). The van der Waals surface area contributed by atoms with Crippen molar-refractivity contribution in [3.05, 3.63) is 65.2 Å². The first-order valence-electron chi connectivity index (χ1n) is 12.9. The summed E-state index contributed by atoms with van der Waals surface area (Å²) >= 11 is 0. The number of hydrogen-bond acceptors (Lipinski definition) is 7. The standard InChI is InChI=1S/C29H39N3O7/c1-20-12-14-21(15-13-20)19-38-27(35)30-18-8-11-24(32-28(36)39-29(2,3)4)26(34)31-23-10-7-6-9-22(23)16-17-25(33)37-5/h6-7,9-10,12-15,24H,8,11,16-19H2,1-5H3,(H,30,35)(H,31,34)(H,32,36)/t24-/m0/s1. The molecule has 0 aliphatic heterocycles. The maximum atomic E-state index is 13.2. The summed E-state index contributed by atoms with van der Waals surface area (Å²) in [6.45, 7) is 7.55. The van der Waals surface area contributed by atoms with Crippen molar-refractivity contribution in [2.45, 2.75) is 71.6 Å². The third kappa shape index (κ3) is 12.3. The SMILES string of the molecule is COC(=O)CCc1ccccc1NC(=O)[C@H](CCCNC(=O)OCc1ccc(C)cc1)NC(=O)OC(C)(C)C. The molecule has 0 saturated heterocycles. The highest BCUT2D eigenvalue weighted by Gasteiger charge is 2.25. The number of benzene rings is 2. The fourth-order valence-electron chi connectivity index (χ4n) is 3.52. The second kappa shape index (κ2) is 15.4. The van der Waals surface area contributed by atoms with Crippen LogP contribution in [0.5, 0.6) is 0 Å². The number of alkyl carbamates (subject to hydrolysis) is 2. The number of rotatable bonds is 12. The van der Waals surface area contributed by atoms with E-state index in [0.717, 1.165) is 16.7 Å². The Morgan fingerprint density at radius 3 is 2.31 bits per heavy atom. The zero-order chi connectivity index (χ0) is 28.8. The largest absolute Gasteiger partial charge is 0.469 e. The predicted molar refractivity (Wildman–Crippen MR) is 147 cm³/mol. The van der Waals surface area contributed by atoms with Gasteiger partial charge >= 0.3 is 18.2 Å². The Labute approximate surface area is 229 Å². The first-order valence-corrected chi connectivity index (χ1v) is 12.9. The van der Waals surface area contributed by atoms with Crippen molar-refractivity contribution < 1.29 is 33.4 Å². The lowest BCUT2D eigenvalue weighted by Crippen LogP contribution is -2.46. The number of hydrogen-bond donors (Lipinski definition) is 3. The number of carbonyl (C=O) groups excluding carboxylic acids is 4. The van der Waals surface area contributed by atoms with E-state index < -0.39 is 29.7 Å². The summed E-state index contributed by atoms with van der Waals surface area (Å²) in [6, 6.07) is 13.8. The maximum Gasteiger partial charge on any atom is 0.408 e. The molecule has 39 heavy (non-hydrogen) atoms. The smallest absolute Gasteiger partial charge is 0.408 e. The van der Waals surface area contributed by atoms with Gasteiger partial charge in [-0.2, -0.15) is 0 Å². The number of ether oxygens (including phenoxy) is 3. The van der Waals surface area contributed by atoms with Gasteiger partial charge in [-0.1, -0.05) is 48.0 Å². The van der Waals surface area contributed by atoms with Gasteiger partial charge in [0, 0.05) is 18.7 Å². The summed E-state index contributed by atoms with van der Waals surface area (Å²) in [5, 5.41) is 8.12. The number of para-hydroxylation sites is 1. The van der Waals surface area contributed by atoms with E-state index in [9.17, 15) is 19.2 Å². The van der Waals surface area contributed by atoms with Crippen molar-refractivity contribution in [2.75, 3.05) is 19.0 Å². The first-order chi connectivity index (χ1) is 18.5. The monoisotopic (exact) mass is 541 g/mol. The number of esters is 1. The molecule has 3 amide bonds. The minimum absolute atomic E-state index is 0.146. The lowest BCUT2D eigenvalue weighted by atomic mass is 10.1. The highest BCUT2D eigenvalue weighted by Crippen LogP contribution is 2.18. The number of methoxy groups -OCH3 is 1. The number of aryl methyl sites for hydroxylation is 2. The van der Waals surface area contributed by atoms with E-state index in [4.69, 9.17) is 14.2 Å². The van der Waals surface area contributed by atoms with Crippen molar-refractivity contribution in [3.63, 3.8) is 0 Å². The molecule has 0 radical (unpaired) electrons. The molecule has 0 aliphatic rings. The molecule has 10 heteroatoms. The van der Waals surface area contributed by atoms with Crippen LogP contribution in [-0.4, -0.2) is 49.4 Å². The van der Waals surface area contributed by atoms with Gasteiger partial charge in [0.15, 0.2) is 0 Å². The molecule has 0 saturated carbocycles. The van der Waals surface area contributed by atoms with Crippen molar-refractivity contribution >= 4 is 29.8 Å². The van der Waals surface area contributed by atoms with Crippen molar-refractivity contribution in [2.24, 2.45) is 0 Å². The number of amides is 3. The number of nitrogens with one attached hydrogen (secondary N) is 3. The molecule has 0 spiro atoms. The zero-order valence-corrected chi connectivity index (χ0v) is 23.3. The van der Waals surface area contributed by atoms with Gasteiger partial charge in [0.2, 0.25) is 5.91 Å². The third-order valence-electron chi connectivity index (χ3n) is 5.54. The normalized spacial score (nSPS) is 11.6. The molecule has 2 aromatic carbocycles. The van der Waals surface area contributed by atoms with Crippen LogP contribution in [-0.2, 0) is 36.8 Å². The Bertz CT molecular complexity index is 1110. The lowest BCUT2D eigenvalue weighted by Gasteiger charge is -2.23. The van der Waals surface area contributed by atoms with Gasteiger partial charge in [-0.25, -0.2) is 9.59 Å². The Kier molecular flexibility index (Phi) is 12.3. The van der Waals surface area contributed by atoms with Gasteiger partial charge in [0.25, 0.3) is 0 Å². The quantitative estimate of drug-likeness (QED) is 0.203. The van der Waals surface area contributed by atoms with Crippen LogP contribution in [0.2, 0.25) is 0 Å². The molecule has 1 atom stereocenters. The summed E-state index contributed by atoms with van der Waals surface area (Å²) < 4.78 is 15.3. The second-order valence-electron chi connectivity index (χ2n) is 10.1. The highest BCUT2D eigenvalue weighted by atomic mass is 16.6. The summed E-state index contributed by atoms with van der Waals surface area (Å²) in [6.07, 6.45) is -0.148.